The van der Waals surface area contributed by atoms with Crippen LogP contribution >= 0.6 is 23.1 Å². The van der Waals surface area contributed by atoms with Crippen molar-refractivity contribution >= 4 is 29.1 Å². The second-order valence-electron chi connectivity index (χ2n) is 5.36. The van der Waals surface area contributed by atoms with Crippen LogP contribution in [0.15, 0.2) is 4.34 Å². The summed E-state index contributed by atoms with van der Waals surface area (Å²) in [7, 11) is 0. The van der Waals surface area contributed by atoms with Gasteiger partial charge < -0.3 is 5.11 Å². The van der Waals surface area contributed by atoms with Crippen LogP contribution in [-0.4, -0.2) is 21.8 Å². The van der Waals surface area contributed by atoms with Crippen molar-refractivity contribution in [1.29, 1.82) is 5.26 Å². The van der Waals surface area contributed by atoms with E-state index in [0.29, 0.717) is 0 Å². The molecule has 1 aromatic heterocycles. The van der Waals surface area contributed by atoms with Gasteiger partial charge in [-0.2, -0.15) is 5.26 Å². The molecule has 6 heteroatoms. The number of hydrogen-bond donors (Lipinski definition) is 1. The molecule has 0 aliphatic heterocycles. The molecule has 1 aromatic rings. The van der Waals surface area contributed by atoms with Crippen LogP contribution in [-0.2, 0) is 11.2 Å². The standard InChI is InChI=1S/C14H20N2O2S2/c1-10-11(8-12(17)18)20-13(16-10)19-7-5-4-6-14(2,3)9-15/h4-8H2,1-3H3,(H,17,18). The van der Waals surface area contributed by atoms with Crippen molar-refractivity contribution < 1.29 is 9.90 Å². The molecule has 1 rings (SSSR count). The maximum absolute atomic E-state index is 10.7. The topological polar surface area (TPSA) is 74.0 Å². The van der Waals surface area contributed by atoms with Crippen LogP contribution in [0.1, 0.15) is 43.7 Å². The Bertz CT molecular complexity index is 504. The van der Waals surface area contributed by atoms with Gasteiger partial charge in [-0.3, -0.25) is 4.79 Å². The number of hydrogen-bond acceptors (Lipinski definition) is 5. The Balaban J connectivity index is 2.33. The van der Waals surface area contributed by atoms with E-state index in [-0.39, 0.29) is 11.8 Å². The molecule has 0 radical (unpaired) electrons. The van der Waals surface area contributed by atoms with E-state index in [9.17, 15) is 4.79 Å². The summed E-state index contributed by atoms with van der Waals surface area (Å²) in [5.74, 6) is 0.146. The molecule has 4 nitrogen and oxygen atoms in total. The first-order chi connectivity index (χ1) is 9.34. The molecule has 0 aliphatic rings. The highest BCUT2D eigenvalue weighted by Crippen LogP contribution is 2.29. The zero-order chi connectivity index (χ0) is 15.2. The first-order valence-electron chi connectivity index (χ1n) is 6.56. The lowest BCUT2D eigenvalue weighted by atomic mass is 9.89. The minimum atomic E-state index is -0.813. The number of nitriles is 1. The minimum absolute atomic E-state index is 0.0560. The molecule has 0 atom stereocenters. The quantitative estimate of drug-likeness (QED) is 0.582. The van der Waals surface area contributed by atoms with E-state index < -0.39 is 5.97 Å². The van der Waals surface area contributed by atoms with E-state index in [2.05, 4.69) is 11.1 Å². The molecular weight excluding hydrogens is 292 g/mol. The lowest BCUT2D eigenvalue weighted by molar-refractivity contribution is -0.136. The molecule has 0 saturated carbocycles. The Hall–Kier alpha value is -1.06. The number of carboxylic acid groups (broad SMARTS) is 1. The van der Waals surface area contributed by atoms with Gasteiger partial charge >= 0.3 is 5.97 Å². The lowest BCUT2D eigenvalue weighted by Gasteiger charge is -2.13. The SMILES string of the molecule is Cc1nc(SCCCCC(C)(C)C#N)sc1CC(=O)O. The average Bonchev–Trinajstić information content (AvgIpc) is 2.69. The Morgan fingerprint density at radius 2 is 2.20 bits per heavy atom. The smallest absolute Gasteiger partial charge is 0.308 e. The third kappa shape index (κ3) is 5.93. The van der Waals surface area contributed by atoms with Gasteiger partial charge in [-0.1, -0.05) is 18.2 Å². The van der Waals surface area contributed by atoms with Crippen molar-refractivity contribution in [3.8, 4) is 6.07 Å². The van der Waals surface area contributed by atoms with Gasteiger partial charge in [0.2, 0.25) is 0 Å². The van der Waals surface area contributed by atoms with Gasteiger partial charge in [0.15, 0.2) is 0 Å². The summed E-state index contributed by atoms with van der Waals surface area (Å²) >= 11 is 3.15. The molecule has 20 heavy (non-hydrogen) atoms. The number of rotatable bonds is 8. The van der Waals surface area contributed by atoms with E-state index in [1.165, 1.54) is 11.3 Å². The second-order valence-corrected chi connectivity index (χ2v) is 7.79. The molecule has 0 aliphatic carbocycles. The fraction of sp³-hybridized carbons (Fsp3) is 0.643. The van der Waals surface area contributed by atoms with E-state index in [1.807, 2.05) is 20.8 Å². The van der Waals surface area contributed by atoms with E-state index in [1.54, 1.807) is 11.8 Å². The largest absolute Gasteiger partial charge is 0.481 e. The summed E-state index contributed by atoms with van der Waals surface area (Å²) in [5, 5.41) is 17.7. The van der Waals surface area contributed by atoms with Crippen molar-refractivity contribution in [2.75, 3.05) is 5.75 Å². The summed E-state index contributed by atoms with van der Waals surface area (Å²) in [5.41, 5.74) is 0.586. The van der Waals surface area contributed by atoms with Crippen LogP contribution in [0, 0.1) is 23.7 Å². The molecule has 0 unspecified atom stereocenters. The Morgan fingerprint density at radius 1 is 1.50 bits per heavy atom. The number of carbonyl (C=O) groups is 1. The van der Waals surface area contributed by atoms with Gasteiger partial charge in [-0.05, 0) is 33.6 Å². The normalized spacial score (nSPS) is 11.3. The van der Waals surface area contributed by atoms with Crippen LogP contribution in [0.5, 0.6) is 0 Å². The third-order valence-corrected chi connectivity index (χ3v) is 5.30. The van der Waals surface area contributed by atoms with Gasteiger partial charge in [0.25, 0.3) is 0 Å². The number of thioether (sulfide) groups is 1. The number of aryl methyl sites for hydroxylation is 1. The third-order valence-electron chi connectivity index (χ3n) is 2.91. The zero-order valence-corrected chi connectivity index (χ0v) is 13.7. The molecule has 1 heterocycles. The minimum Gasteiger partial charge on any atom is -0.481 e. The zero-order valence-electron chi connectivity index (χ0n) is 12.1. The van der Waals surface area contributed by atoms with E-state index in [4.69, 9.17) is 10.4 Å². The molecule has 0 bridgehead atoms. The van der Waals surface area contributed by atoms with Crippen LogP contribution < -0.4 is 0 Å². The number of carboxylic acids is 1. The van der Waals surface area contributed by atoms with Gasteiger partial charge in [0.1, 0.15) is 4.34 Å². The number of nitrogens with zero attached hydrogens (tertiary/aromatic N) is 2. The average molecular weight is 312 g/mol. The summed E-state index contributed by atoms with van der Waals surface area (Å²) in [6.45, 7) is 5.78. The van der Waals surface area contributed by atoms with Crippen LogP contribution in [0.4, 0.5) is 0 Å². The molecule has 0 amide bonds. The number of aliphatic carboxylic acids is 1. The maximum atomic E-state index is 10.7. The maximum Gasteiger partial charge on any atom is 0.308 e. The van der Waals surface area contributed by atoms with Crippen molar-refractivity contribution in [1.82, 2.24) is 4.98 Å². The molecule has 1 N–H and O–H groups in total. The summed E-state index contributed by atoms with van der Waals surface area (Å²) in [6.07, 6.45) is 3.04. The van der Waals surface area contributed by atoms with Crippen molar-refractivity contribution in [3.05, 3.63) is 10.6 Å². The summed E-state index contributed by atoms with van der Waals surface area (Å²) < 4.78 is 0.943. The first-order valence-corrected chi connectivity index (χ1v) is 8.36. The van der Waals surface area contributed by atoms with Gasteiger partial charge in [0, 0.05) is 10.6 Å². The van der Waals surface area contributed by atoms with E-state index >= 15 is 0 Å². The summed E-state index contributed by atoms with van der Waals surface area (Å²) in [6, 6.07) is 2.31. The van der Waals surface area contributed by atoms with Crippen LogP contribution in [0.2, 0.25) is 0 Å². The highest BCUT2D eigenvalue weighted by molar-refractivity contribution is 8.01. The molecule has 0 fully saturated rings. The van der Waals surface area contributed by atoms with Crippen molar-refractivity contribution in [2.45, 2.75) is 50.8 Å². The highest BCUT2D eigenvalue weighted by Gasteiger charge is 2.15. The highest BCUT2D eigenvalue weighted by atomic mass is 32.2. The second kappa shape index (κ2) is 7.65. The molecular formula is C14H20N2O2S2. The van der Waals surface area contributed by atoms with Crippen molar-refractivity contribution in [2.24, 2.45) is 5.41 Å². The first kappa shape index (κ1) is 17.0. The van der Waals surface area contributed by atoms with E-state index in [0.717, 1.165) is 39.9 Å². The monoisotopic (exact) mass is 312 g/mol. The summed E-state index contributed by atoms with van der Waals surface area (Å²) in [4.78, 5) is 15.9. The predicted octanol–water partition coefficient (Wildman–Crippen LogP) is 3.89. The Labute approximate surface area is 128 Å². The number of thiazole rings is 1. The van der Waals surface area contributed by atoms with Gasteiger partial charge in [-0.25, -0.2) is 4.98 Å². The number of unbranched alkanes of at least 4 members (excludes halogenated alkanes) is 1. The Kier molecular flexibility index (Phi) is 6.50. The molecule has 110 valence electrons. The molecule has 0 saturated heterocycles. The number of aromatic nitrogens is 1. The Morgan fingerprint density at radius 3 is 2.80 bits per heavy atom. The van der Waals surface area contributed by atoms with Crippen molar-refractivity contribution in [3.63, 3.8) is 0 Å². The van der Waals surface area contributed by atoms with Gasteiger partial charge in [-0.15, -0.1) is 11.3 Å². The van der Waals surface area contributed by atoms with Gasteiger partial charge in [0.05, 0.1) is 23.6 Å². The molecule has 0 aromatic carbocycles. The predicted molar refractivity (Wildman–Crippen MR) is 82.2 cm³/mol. The van der Waals surface area contributed by atoms with Crippen LogP contribution in [0.25, 0.3) is 0 Å². The fourth-order valence-electron chi connectivity index (χ4n) is 1.65. The molecule has 0 spiro atoms. The fourth-order valence-corrected chi connectivity index (χ4v) is 3.94. The van der Waals surface area contributed by atoms with Crippen LogP contribution in [0.3, 0.4) is 0 Å². The lowest BCUT2D eigenvalue weighted by Crippen LogP contribution is -2.07.